The third kappa shape index (κ3) is 1.95. The van der Waals surface area contributed by atoms with Crippen molar-refractivity contribution in [1.29, 1.82) is 0 Å². The van der Waals surface area contributed by atoms with Crippen LogP contribution in [0.25, 0.3) is 12.3 Å². The maximum atomic E-state index is 5.76. The molecule has 1 aliphatic carbocycles. The normalized spacial score (nSPS) is 20.7. The number of halogens is 1. The molecular weight excluding hydrogens is 208 g/mol. The average molecular weight is 223 g/mol. The highest BCUT2D eigenvalue weighted by molar-refractivity contribution is 6.33. The fourth-order valence-corrected chi connectivity index (χ4v) is 1.81. The van der Waals surface area contributed by atoms with E-state index in [9.17, 15) is 0 Å². The van der Waals surface area contributed by atoms with Crippen LogP contribution in [0.1, 0.15) is 25.5 Å². The standard InChI is InChI=1S/C12H15ClN2/c1-8(13)5-9-6-11(12(2)3-4-12)15-10(9)7-14/h5-7,15H,1,3-4,14H2,2H3/b9-5-,10-7+. The van der Waals surface area contributed by atoms with Gasteiger partial charge in [0.25, 0.3) is 0 Å². The molecule has 1 aromatic rings. The lowest BCUT2D eigenvalue weighted by molar-refractivity contribution is 0.755. The van der Waals surface area contributed by atoms with Crippen LogP contribution in [0, 0.1) is 0 Å². The third-order valence-corrected chi connectivity index (χ3v) is 3.12. The molecule has 0 spiro atoms. The zero-order valence-corrected chi connectivity index (χ0v) is 9.56. The minimum atomic E-state index is 0.317. The molecule has 1 aliphatic rings. The van der Waals surface area contributed by atoms with Crippen molar-refractivity contribution in [2.45, 2.75) is 25.2 Å². The minimum absolute atomic E-state index is 0.317. The number of hydrogen-bond acceptors (Lipinski definition) is 1. The third-order valence-electron chi connectivity index (χ3n) is 3.01. The Hall–Kier alpha value is -1.15. The smallest absolute Gasteiger partial charge is 0.0614 e. The molecule has 2 rings (SSSR count). The summed E-state index contributed by atoms with van der Waals surface area (Å²) in [5.74, 6) is 0. The Morgan fingerprint density at radius 3 is 2.80 bits per heavy atom. The van der Waals surface area contributed by atoms with Crippen molar-refractivity contribution in [2.75, 3.05) is 0 Å². The van der Waals surface area contributed by atoms with Crippen molar-refractivity contribution in [3.8, 4) is 0 Å². The van der Waals surface area contributed by atoms with Gasteiger partial charge in [-0.1, -0.05) is 25.1 Å². The predicted molar refractivity (Wildman–Crippen MR) is 64.7 cm³/mol. The van der Waals surface area contributed by atoms with Crippen molar-refractivity contribution < 1.29 is 0 Å². The summed E-state index contributed by atoms with van der Waals surface area (Å²) in [5, 5.41) is 2.45. The Bertz CT molecular complexity index is 506. The molecule has 0 unspecified atom stereocenters. The zero-order chi connectivity index (χ0) is 11.1. The van der Waals surface area contributed by atoms with Gasteiger partial charge < -0.3 is 10.7 Å². The van der Waals surface area contributed by atoms with Gasteiger partial charge in [-0.3, -0.25) is 0 Å². The lowest BCUT2D eigenvalue weighted by Gasteiger charge is -2.02. The molecule has 0 saturated heterocycles. The number of nitrogens with one attached hydrogen (secondary N) is 1. The monoisotopic (exact) mass is 222 g/mol. The van der Waals surface area contributed by atoms with Gasteiger partial charge in [0.1, 0.15) is 0 Å². The van der Waals surface area contributed by atoms with E-state index in [-0.39, 0.29) is 0 Å². The topological polar surface area (TPSA) is 41.8 Å². The van der Waals surface area contributed by atoms with Gasteiger partial charge in [-0.05, 0) is 25.0 Å². The average Bonchev–Trinajstić information content (AvgIpc) is 2.78. The minimum Gasteiger partial charge on any atom is -0.403 e. The molecule has 1 aromatic heterocycles. The Labute approximate surface area is 94.1 Å². The van der Waals surface area contributed by atoms with Gasteiger partial charge >= 0.3 is 0 Å². The molecule has 3 N–H and O–H groups in total. The van der Waals surface area contributed by atoms with Gasteiger partial charge in [0.05, 0.1) is 5.35 Å². The largest absolute Gasteiger partial charge is 0.403 e. The van der Waals surface area contributed by atoms with Crippen LogP contribution in [0.5, 0.6) is 0 Å². The van der Waals surface area contributed by atoms with Crippen LogP contribution < -0.4 is 16.3 Å². The summed E-state index contributed by atoms with van der Waals surface area (Å²) < 4.78 is 0. The van der Waals surface area contributed by atoms with Gasteiger partial charge in [0.15, 0.2) is 0 Å². The second-order valence-corrected chi connectivity index (χ2v) is 4.86. The van der Waals surface area contributed by atoms with Gasteiger partial charge in [0.2, 0.25) is 0 Å². The summed E-state index contributed by atoms with van der Waals surface area (Å²) in [6, 6.07) is 2.11. The molecule has 80 valence electrons. The van der Waals surface area contributed by atoms with Crippen LogP contribution in [-0.4, -0.2) is 4.98 Å². The van der Waals surface area contributed by atoms with E-state index < -0.39 is 0 Å². The van der Waals surface area contributed by atoms with Crippen LogP contribution in [0.2, 0.25) is 0 Å². The number of rotatable bonds is 2. The molecule has 1 saturated carbocycles. The van der Waals surface area contributed by atoms with E-state index in [1.54, 1.807) is 6.20 Å². The summed E-state index contributed by atoms with van der Waals surface area (Å²) in [6.07, 6.45) is 5.87. The van der Waals surface area contributed by atoms with E-state index >= 15 is 0 Å². The molecule has 3 heteroatoms. The summed E-state index contributed by atoms with van der Waals surface area (Å²) in [4.78, 5) is 3.33. The number of nitrogens with two attached hydrogens (primary N) is 1. The molecule has 0 amide bonds. The Morgan fingerprint density at radius 2 is 2.33 bits per heavy atom. The van der Waals surface area contributed by atoms with E-state index in [2.05, 4.69) is 24.6 Å². The van der Waals surface area contributed by atoms with Crippen molar-refractivity contribution in [3.05, 3.63) is 33.9 Å². The molecule has 0 bridgehead atoms. The first-order chi connectivity index (χ1) is 7.05. The quantitative estimate of drug-likeness (QED) is 0.778. The van der Waals surface area contributed by atoms with Crippen molar-refractivity contribution >= 4 is 23.9 Å². The molecule has 1 fully saturated rings. The first kappa shape index (κ1) is 10.4. The highest BCUT2D eigenvalue weighted by atomic mass is 35.5. The molecule has 0 aromatic carbocycles. The molecule has 15 heavy (non-hydrogen) atoms. The second kappa shape index (κ2) is 3.46. The van der Waals surface area contributed by atoms with Gasteiger partial charge in [-0.15, -0.1) is 0 Å². The van der Waals surface area contributed by atoms with Gasteiger partial charge in [0, 0.05) is 27.6 Å². The van der Waals surface area contributed by atoms with Crippen LogP contribution in [0.15, 0.2) is 17.7 Å². The van der Waals surface area contributed by atoms with Gasteiger partial charge in [-0.2, -0.15) is 0 Å². The second-order valence-electron chi connectivity index (χ2n) is 4.37. The van der Waals surface area contributed by atoms with E-state index in [1.165, 1.54) is 18.5 Å². The van der Waals surface area contributed by atoms with Crippen LogP contribution in [0.3, 0.4) is 0 Å². The first-order valence-corrected chi connectivity index (χ1v) is 5.40. The number of aromatic nitrogens is 1. The summed E-state index contributed by atoms with van der Waals surface area (Å²) in [7, 11) is 0. The number of H-pyrrole nitrogens is 1. The Morgan fingerprint density at radius 1 is 1.67 bits per heavy atom. The fraction of sp³-hybridized carbons (Fsp3) is 0.333. The zero-order valence-electron chi connectivity index (χ0n) is 8.81. The number of allylic oxidation sites excluding steroid dienone is 1. The lowest BCUT2D eigenvalue weighted by Crippen LogP contribution is -2.23. The lowest BCUT2D eigenvalue weighted by atomic mass is 10.1. The molecule has 0 aliphatic heterocycles. The predicted octanol–water partition coefficient (Wildman–Crippen LogP) is 1.30. The van der Waals surface area contributed by atoms with Gasteiger partial charge in [-0.25, -0.2) is 0 Å². The molecule has 0 atom stereocenters. The maximum Gasteiger partial charge on any atom is 0.0614 e. The maximum absolute atomic E-state index is 5.76. The Balaban J connectivity index is 2.57. The van der Waals surface area contributed by atoms with Crippen molar-refractivity contribution in [1.82, 2.24) is 4.98 Å². The molecule has 2 nitrogen and oxygen atoms in total. The van der Waals surface area contributed by atoms with E-state index in [0.717, 1.165) is 10.6 Å². The molecule has 0 radical (unpaired) electrons. The fourth-order valence-electron chi connectivity index (χ4n) is 1.69. The molecule has 1 heterocycles. The van der Waals surface area contributed by atoms with Crippen LogP contribution in [-0.2, 0) is 5.41 Å². The summed E-state index contributed by atoms with van der Waals surface area (Å²) in [5.41, 5.74) is 7.11. The van der Waals surface area contributed by atoms with Crippen LogP contribution >= 0.6 is 11.6 Å². The van der Waals surface area contributed by atoms with E-state index in [1.807, 2.05) is 6.08 Å². The highest BCUT2D eigenvalue weighted by Gasteiger charge is 2.40. The SMILES string of the molecule is C=C(Cl)/C=c1/cc(C2(C)CC2)[nH]/c1=C/N. The van der Waals surface area contributed by atoms with E-state index in [4.69, 9.17) is 17.3 Å². The van der Waals surface area contributed by atoms with Crippen molar-refractivity contribution in [3.63, 3.8) is 0 Å². The number of hydrogen-bond donors (Lipinski definition) is 2. The summed E-state index contributed by atoms with van der Waals surface area (Å²) in [6.45, 7) is 5.90. The highest BCUT2D eigenvalue weighted by Crippen LogP contribution is 2.45. The Kier molecular flexibility index (Phi) is 2.39. The number of aromatic amines is 1. The van der Waals surface area contributed by atoms with E-state index in [0.29, 0.717) is 10.4 Å². The first-order valence-electron chi connectivity index (χ1n) is 5.03. The van der Waals surface area contributed by atoms with Crippen LogP contribution in [0.4, 0.5) is 0 Å². The molecular formula is C12H15ClN2. The van der Waals surface area contributed by atoms with Crippen molar-refractivity contribution in [2.24, 2.45) is 5.73 Å². The summed E-state index contributed by atoms with van der Waals surface area (Å²) >= 11 is 5.76.